The third-order valence-corrected chi connectivity index (χ3v) is 2.51. The second-order valence-electron chi connectivity index (χ2n) is 2.99. The van der Waals surface area contributed by atoms with Crippen molar-refractivity contribution in [3.05, 3.63) is 0 Å². The molecular weight excluding hydrogens is 150 g/mol. The Morgan fingerprint density at radius 2 is 2.00 bits per heavy atom. The number of aliphatic hydroxyl groups is 1. The van der Waals surface area contributed by atoms with Crippen molar-refractivity contribution in [3.8, 4) is 0 Å². The maximum absolute atomic E-state index is 9.20. The highest BCUT2D eigenvalue weighted by atomic mass is 35.5. The maximum Gasteiger partial charge on any atom is 0.0541 e. The lowest BCUT2D eigenvalue weighted by molar-refractivity contribution is 0.0919. The Morgan fingerprint density at radius 1 is 1.50 bits per heavy atom. The Kier molecular flexibility index (Phi) is 2.96. The largest absolute Gasteiger partial charge is 0.393 e. The Labute approximate surface area is 66.9 Å². The second-order valence-corrected chi connectivity index (χ2v) is 3.47. The Hall–Kier alpha value is 0.210. The Bertz CT molecular complexity index is 99.8. The first-order chi connectivity index (χ1) is 4.70. The Morgan fingerprint density at radius 3 is 2.40 bits per heavy atom. The van der Waals surface area contributed by atoms with Gasteiger partial charge in [-0.1, -0.05) is 0 Å². The van der Waals surface area contributed by atoms with Gasteiger partial charge in [-0.05, 0) is 37.5 Å². The SMILES string of the molecule is CC(O)C1CCN(Cl)CC1. The molecule has 3 heteroatoms. The number of halogens is 1. The van der Waals surface area contributed by atoms with E-state index in [9.17, 15) is 5.11 Å². The maximum atomic E-state index is 9.20. The van der Waals surface area contributed by atoms with Crippen LogP contribution in [-0.4, -0.2) is 28.7 Å². The standard InChI is InChI=1S/C7H14ClNO/c1-6(10)7-2-4-9(8)5-3-7/h6-7,10H,2-5H2,1H3. The second kappa shape index (κ2) is 3.56. The van der Waals surface area contributed by atoms with Gasteiger partial charge in [0.15, 0.2) is 0 Å². The average molecular weight is 164 g/mol. The van der Waals surface area contributed by atoms with Crippen LogP contribution in [-0.2, 0) is 0 Å². The lowest BCUT2D eigenvalue weighted by Gasteiger charge is -2.28. The molecule has 0 bridgehead atoms. The molecular formula is C7H14ClNO. The fourth-order valence-electron chi connectivity index (χ4n) is 1.35. The van der Waals surface area contributed by atoms with Crippen molar-refractivity contribution in [3.63, 3.8) is 0 Å². The number of aliphatic hydroxyl groups excluding tert-OH is 1. The summed E-state index contributed by atoms with van der Waals surface area (Å²) in [6, 6.07) is 0. The molecule has 0 saturated carbocycles. The van der Waals surface area contributed by atoms with Gasteiger partial charge in [-0.25, -0.2) is 4.42 Å². The summed E-state index contributed by atoms with van der Waals surface area (Å²) < 4.78 is 1.79. The number of hydrogen-bond acceptors (Lipinski definition) is 2. The highest BCUT2D eigenvalue weighted by molar-refractivity contribution is 6.13. The van der Waals surface area contributed by atoms with Crippen LogP contribution in [0.4, 0.5) is 0 Å². The molecule has 1 saturated heterocycles. The molecule has 0 radical (unpaired) electrons. The average Bonchev–Trinajstić information content (AvgIpc) is 1.88. The summed E-state index contributed by atoms with van der Waals surface area (Å²) in [6.45, 7) is 3.68. The zero-order valence-electron chi connectivity index (χ0n) is 6.26. The molecule has 0 spiro atoms. The van der Waals surface area contributed by atoms with Crippen LogP contribution in [0.25, 0.3) is 0 Å². The molecule has 10 heavy (non-hydrogen) atoms. The van der Waals surface area contributed by atoms with E-state index < -0.39 is 0 Å². The first kappa shape index (κ1) is 8.31. The first-order valence-corrected chi connectivity index (χ1v) is 4.12. The van der Waals surface area contributed by atoms with Gasteiger partial charge >= 0.3 is 0 Å². The van der Waals surface area contributed by atoms with Crippen molar-refractivity contribution in [2.24, 2.45) is 5.92 Å². The first-order valence-electron chi connectivity index (χ1n) is 3.79. The molecule has 0 aromatic carbocycles. The van der Waals surface area contributed by atoms with Gasteiger partial charge < -0.3 is 5.11 Å². The molecule has 1 atom stereocenters. The van der Waals surface area contributed by atoms with E-state index in [1.807, 2.05) is 6.92 Å². The summed E-state index contributed by atoms with van der Waals surface area (Å²) in [5, 5.41) is 9.20. The monoisotopic (exact) mass is 163 g/mol. The predicted molar refractivity (Wildman–Crippen MR) is 41.8 cm³/mol. The van der Waals surface area contributed by atoms with Crippen LogP contribution in [0, 0.1) is 5.92 Å². The minimum Gasteiger partial charge on any atom is -0.393 e. The summed E-state index contributed by atoms with van der Waals surface area (Å²) in [7, 11) is 0. The zero-order chi connectivity index (χ0) is 7.56. The zero-order valence-corrected chi connectivity index (χ0v) is 7.01. The summed E-state index contributed by atoms with van der Waals surface area (Å²) in [4.78, 5) is 0. The molecule has 1 aliphatic heterocycles. The highest BCUT2D eigenvalue weighted by Crippen LogP contribution is 2.20. The quantitative estimate of drug-likeness (QED) is 0.588. The van der Waals surface area contributed by atoms with Crippen molar-refractivity contribution in [1.29, 1.82) is 0 Å². The van der Waals surface area contributed by atoms with Gasteiger partial charge in [0.2, 0.25) is 0 Å². The number of nitrogens with zero attached hydrogens (tertiary/aromatic N) is 1. The molecule has 1 fully saturated rings. The summed E-state index contributed by atoms with van der Waals surface area (Å²) in [5.41, 5.74) is 0. The van der Waals surface area contributed by atoms with Gasteiger partial charge in [0.05, 0.1) is 6.10 Å². The molecule has 1 aliphatic rings. The van der Waals surface area contributed by atoms with E-state index in [1.54, 1.807) is 4.42 Å². The molecule has 1 N–H and O–H groups in total. The van der Waals surface area contributed by atoms with Gasteiger partial charge in [0.1, 0.15) is 0 Å². The van der Waals surface area contributed by atoms with Crippen LogP contribution >= 0.6 is 11.8 Å². The van der Waals surface area contributed by atoms with Crippen molar-refractivity contribution in [2.75, 3.05) is 13.1 Å². The summed E-state index contributed by atoms with van der Waals surface area (Å²) in [5.74, 6) is 0.468. The molecule has 0 aliphatic carbocycles. The third kappa shape index (κ3) is 2.11. The normalized spacial score (nSPS) is 26.7. The number of hydrogen-bond donors (Lipinski definition) is 1. The minimum absolute atomic E-state index is 0.162. The van der Waals surface area contributed by atoms with Crippen LogP contribution in [0.2, 0.25) is 0 Å². The molecule has 1 unspecified atom stereocenters. The van der Waals surface area contributed by atoms with Crippen LogP contribution in [0.3, 0.4) is 0 Å². The third-order valence-electron chi connectivity index (χ3n) is 2.17. The van der Waals surface area contributed by atoms with E-state index in [0.717, 1.165) is 25.9 Å². The van der Waals surface area contributed by atoms with Crippen molar-refractivity contribution < 1.29 is 5.11 Å². The highest BCUT2D eigenvalue weighted by Gasteiger charge is 2.21. The fraction of sp³-hybridized carbons (Fsp3) is 1.00. The minimum atomic E-state index is -0.162. The van der Waals surface area contributed by atoms with Gasteiger partial charge in [-0.3, -0.25) is 0 Å². The van der Waals surface area contributed by atoms with Crippen molar-refractivity contribution in [1.82, 2.24) is 4.42 Å². The van der Waals surface area contributed by atoms with Gasteiger partial charge in [-0.15, -0.1) is 0 Å². The smallest absolute Gasteiger partial charge is 0.0541 e. The summed E-state index contributed by atoms with van der Waals surface area (Å²) in [6.07, 6.45) is 1.90. The lowest BCUT2D eigenvalue weighted by atomic mass is 9.93. The molecule has 1 heterocycles. The number of rotatable bonds is 1. The predicted octanol–water partition coefficient (Wildman–Crippen LogP) is 1.23. The van der Waals surface area contributed by atoms with E-state index in [1.165, 1.54) is 0 Å². The van der Waals surface area contributed by atoms with E-state index in [-0.39, 0.29) is 6.10 Å². The molecule has 0 aromatic heterocycles. The Balaban J connectivity index is 2.26. The van der Waals surface area contributed by atoms with Gasteiger partial charge in [-0.2, -0.15) is 0 Å². The number of piperidine rings is 1. The van der Waals surface area contributed by atoms with Crippen molar-refractivity contribution >= 4 is 11.8 Å². The van der Waals surface area contributed by atoms with E-state index >= 15 is 0 Å². The van der Waals surface area contributed by atoms with Gasteiger partial charge in [0, 0.05) is 13.1 Å². The topological polar surface area (TPSA) is 23.5 Å². The molecule has 0 aromatic rings. The van der Waals surface area contributed by atoms with E-state index in [0.29, 0.717) is 5.92 Å². The summed E-state index contributed by atoms with van der Waals surface area (Å²) >= 11 is 5.74. The van der Waals surface area contributed by atoms with E-state index in [4.69, 9.17) is 11.8 Å². The molecule has 1 rings (SSSR count). The molecule has 0 amide bonds. The molecule has 2 nitrogen and oxygen atoms in total. The van der Waals surface area contributed by atoms with Crippen LogP contribution in [0.1, 0.15) is 19.8 Å². The fourth-order valence-corrected chi connectivity index (χ4v) is 1.55. The van der Waals surface area contributed by atoms with E-state index in [2.05, 4.69) is 0 Å². The van der Waals surface area contributed by atoms with Crippen LogP contribution < -0.4 is 0 Å². The lowest BCUT2D eigenvalue weighted by Crippen LogP contribution is -2.31. The van der Waals surface area contributed by atoms with Gasteiger partial charge in [0.25, 0.3) is 0 Å². The van der Waals surface area contributed by atoms with Crippen LogP contribution in [0.15, 0.2) is 0 Å². The van der Waals surface area contributed by atoms with Crippen molar-refractivity contribution in [2.45, 2.75) is 25.9 Å². The molecule has 60 valence electrons. The van der Waals surface area contributed by atoms with Crippen LogP contribution in [0.5, 0.6) is 0 Å².